The maximum Gasteiger partial charge on any atom is 0.165 e. The molecule has 0 aliphatic heterocycles. The van der Waals surface area contributed by atoms with Crippen LogP contribution in [0.4, 0.5) is 0 Å². The van der Waals surface area contributed by atoms with Gasteiger partial charge in [-0.25, -0.2) is 0 Å². The van der Waals surface area contributed by atoms with Crippen LogP contribution in [0, 0.1) is 0 Å². The molecule has 2 rings (SSSR count). The van der Waals surface area contributed by atoms with Crippen LogP contribution < -0.4 is 10.5 Å². The summed E-state index contributed by atoms with van der Waals surface area (Å²) in [5.41, 5.74) is 6.67. The van der Waals surface area contributed by atoms with Crippen LogP contribution in [-0.2, 0) is 5.54 Å². The van der Waals surface area contributed by atoms with Crippen LogP contribution in [0.15, 0.2) is 18.2 Å². The Balaban J connectivity index is 2.50. The molecule has 1 aliphatic carbocycles. The molecule has 0 radical (unpaired) electrons. The Morgan fingerprint density at radius 3 is 2.69 bits per heavy atom. The SMILES string of the molecule is COc1c(O)cccc1C1(N)CC1. The van der Waals surface area contributed by atoms with Crippen LogP contribution in [0.5, 0.6) is 11.5 Å². The van der Waals surface area contributed by atoms with E-state index in [4.69, 9.17) is 10.5 Å². The predicted molar refractivity (Wildman–Crippen MR) is 49.8 cm³/mol. The molecular formula is C10H13NO2. The van der Waals surface area contributed by atoms with Gasteiger partial charge >= 0.3 is 0 Å². The van der Waals surface area contributed by atoms with E-state index >= 15 is 0 Å². The Labute approximate surface area is 77.1 Å². The number of nitrogens with two attached hydrogens (primary N) is 1. The third-order valence-corrected chi connectivity index (χ3v) is 2.52. The zero-order valence-electron chi connectivity index (χ0n) is 7.58. The molecule has 3 nitrogen and oxygen atoms in total. The van der Waals surface area contributed by atoms with Crippen molar-refractivity contribution in [2.75, 3.05) is 7.11 Å². The van der Waals surface area contributed by atoms with E-state index in [1.165, 1.54) is 0 Å². The van der Waals surface area contributed by atoms with Gasteiger partial charge in [-0.15, -0.1) is 0 Å². The molecule has 0 saturated heterocycles. The summed E-state index contributed by atoms with van der Waals surface area (Å²) in [6.07, 6.45) is 1.93. The number of phenolic OH excluding ortho intramolecular Hbond substituents is 1. The van der Waals surface area contributed by atoms with Crippen molar-refractivity contribution >= 4 is 0 Å². The van der Waals surface area contributed by atoms with Gasteiger partial charge in [0.2, 0.25) is 0 Å². The highest BCUT2D eigenvalue weighted by molar-refractivity contribution is 5.50. The fourth-order valence-electron chi connectivity index (χ4n) is 1.54. The molecule has 1 aromatic carbocycles. The number of aromatic hydroxyl groups is 1. The van der Waals surface area contributed by atoms with E-state index in [0.717, 1.165) is 18.4 Å². The number of ether oxygens (including phenoxy) is 1. The van der Waals surface area contributed by atoms with Gasteiger partial charge in [-0.05, 0) is 18.9 Å². The summed E-state index contributed by atoms with van der Waals surface area (Å²) in [6, 6.07) is 5.31. The smallest absolute Gasteiger partial charge is 0.165 e. The van der Waals surface area contributed by atoms with Gasteiger partial charge in [0.05, 0.1) is 7.11 Å². The second-order valence-electron chi connectivity index (χ2n) is 3.51. The largest absolute Gasteiger partial charge is 0.504 e. The topological polar surface area (TPSA) is 55.5 Å². The third-order valence-electron chi connectivity index (χ3n) is 2.52. The summed E-state index contributed by atoms with van der Waals surface area (Å²) < 4.78 is 5.11. The Bertz CT molecular complexity index is 332. The van der Waals surface area contributed by atoms with Crippen LogP contribution in [0.1, 0.15) is 18.4 Å². The van der Waals surface area contributed by atoms with E-state index in [2.05, 4.69) is 0 Å². The van der Waals surface area contributed by atoms with Gasteiger partial charge in [-0.3, -0.25) is 0 Å². The molecule has 0 unspecified atom stereocenters. The normalized spacial score (nSPS) is 18.3. The Kier molecular flexibility index (Phi) is 1.70. The molecule has 0 heterocycles. The number of hydrogen-bond acceptors (Lipinski definition) is 3. The minimum absolute atomic E-state index is 0.164. The highest BCUT2D eigenvalue weighted by Gasteiger charge is 2.42. The molecule has 3 N–H and O–H groups in total. The fourth-order valence-corrected chi connectivity index (χ4v) is 1.54. The Morgan fingerprint density at radius 1 is 1.46 bits per heavy atom. The molecule has 0 atom stereocenters. The molecule has 70 valence electrons. The van der Waals surface area contributed by atoms with Crippen LogP contribution in [-0.4, -0.2) is 12.2 Å². The predicted octanol–water partition coefficient (Wildman–Crippen LogP) is 1.35. The highest BCUT2D eigenvalue weighted by Crippen LogP contribution is 2.48. The average Bonchev–Trinajstić information content (AvgIpc) is 2.85. The zero-order chi connectivity index (χ0) is 9.47. The lowest BCUT2D eigenvalue weighted by Crippen LogP contribution is -2.19. The molecule has 1 fully saturated rings. The quantitative estimate of drug-likeness (QED) is 0.720. The first kappa shape index (κ1) is 8.38. The summed E-state index contributed by atoms with van der Waals surface area (Å²) in [5.74, 6) is 0.680. The first-order chi connectivity index (χ1) is 6.17. The van der Waals surface area contributed by atoms with E-state index in [9.17, 15) is 5.11 Å². The van der Waals surface area contributed by atoms with E-state index < -0.39 is 0 Å². The second-order valence-corrected chi connectivity index (χ2v) is 3.51. The van der Waals surface area contributed by atoms with Crippen molar-refractivity contribution in [3.05, 3.63) is 23.8 Å². The van der Waals surface area contributed by atoms with Gasteiger partial charge < -0.3 is 15.6 Å². The van der Waals surface area contributed by atoms with Crippen molar-refractivity contribution in [2.45, 2.75) is 18.4 Å². The lowest BCUT2D eigenvalue weighted by atomic mass is 10.0. The van der Waals surface area contributed by atoms with Gasteiger partial charge in [0.15, 0.2) is 11.5 Å². The molecule has 13 heavy (non-hydrogen) atoms. The fraction of sp³-hybridized carbons (Fsp3) is 0.400. The van der Waals surface area contributed by atoms with Crippen molar-refractivity contribution in [3.8, 4) is 11.5 Å². The average molecular weight is 179 g/mol. The van der Waals surface area contributed by atoms with Gasteiger partial charge in [0, 0.05) is 11.1 Å². The molecular weight excluding hydrogens is 166 g/mol. The molecule has 1 saturated carbocycles. The van der Waals surface area contributed by atoms with Gasteiger partial charge in [-0.1, -0.05) is 12.1 Å². The lowest BCUT2D eigenvalue weighted by molar-refractivity contribution is 0.365. The maximum atomic E-state index is 9.50. The van der Waals surface area contributed by atoms with Crippen LogP contribution in [0.3, 0.4) is 0 Å². The molecule has 1 aromatic rings. The standard InChI is InChI=1S/C10H13NO2/c1-13-9-7(10(11)5-6-10)3-2-4-8(9)12/h2-4,12H,5-6,11H2,1H3. The summed E-state index contributed by atoms with van der Waals surface area (Å²) in [5, 5.41) is 9.50. The Hall–Kier alpha value is -1.22. The van der Waals surface area contributed by atoms with Crippen molar-refractivity contribution in [3.63, 3.8) is 0 Å². The molecule has 0 amide bonds. The number of para-hydroxylation sites is 1. The number of rotatable bonds is 2. The first-order valence-corrected chi connectivity index (χ1v) is 4.33. The molecule has 0 spiro atoms. The van der Waals surface area contributed by atoms with Gasteiger partial charge in [0.1, 0.15) is 0 Å². The zero-order valence-corrected chi connectivity index (χ0v) is 7.58. The summed E-state index contributed by atoms with van der Waals surface area (Å²) in [6.45, 7) is 0. The summed E-state index contributed by atoms with van der Waals surface area (Å²) in [7, 11) is 1.55. The Morgan fingerprint density at radius 2 is 2.15 bits per heavy atom. The minimum Gasteiger partial charge on any atom is -0.504 e. The number of benzene rings is 1. The van der Waals surface area contributed by atoms with Gasteiger partial charge in [0.25, 0.3) is 0 Å². The van der Waals surface area contributed by atoms with Crippen molar-refractivity contribution in [2.24, 2.45) is 5.73 Å². The number of methoxy groups -OCH3 is 1. The van der Waals surface area contributed by atoms with Crippen LogP contribution in [0.2, 0.25) is 0 Å². The molecule has 0 aromatic heterocycles. The maximum absolute atomic E-state index is 9.50. The lowest BCUT2D eigenvalue weighted by Gasteiger charge is -2.14. The van der Waals surface area contributed by atoms with E-state index in [0.29, 0.717) is 5.75 Å². The summed E-state index contributed by atoms with van der Waals surface area (Å²) >= 11 is 0. The van der Waals surface area contributed by atoms with Crippen molar-refractivity contribution in [1.29, 1.82) is 0 Å². The van der Waals surface area contributed by atoms with E-state index in [-0.39, 0.29) is 11.3 Å². The molecule has 3 heteroatoms. The molecule has 1 aliphatic rings. The second kappa shape index (κ2) is 2.64. The molecule has 0 bridgehead atoms. The van der Waals surface area contributed by atoms with Crippen LogP contribution in [0.25, 0.3) is 0 Å². The van der Waals surface area contributed by atoms with Crippen molar-refractivity contribution < 1.29 is 9.84 Å². The van der Waals surface area contributed by atoms with Crippen LogP contribution >= 0.6 is 0 Å². The monoisotopic (exact) mass is 179 g/mol. The van der Waals surface area contributed by atoms with Crippen molar-refractivity contribution in [1.82, 2.24) is 0 Å². The summed E-state index contributed by atoms with van der Waals surface area (Å²) in [4.78, 5) is 0. The minimum atomic E-state index is -0.260. The number of phenols is 1. The first-order valence-electron chi connectivity index (χ1n) is 4.33. The number of hydrogen-bond donors (Lipinski definition) is 2. The van der Waals surface area contributed by atoms with E-state index in [1.54, 1.807) is 19.2 Å². The van der Waals surface area contributed by atoms with E-state index in [1.807, 2.05) is 6.07 Å². The third kappa shape index (κ3) is 1.25. The van der Waals surface area contributed by atoms with Gasteiger partial charge in [-0.2, -0.15) is 0 Å². The highest BCUT2D eigenvalue weighted by atomic mass is 16.5.